The van der Waals surface area contributed by atoms with Crippen LogP contribution >= 0.6 is 0 Å². The van der Waals surface area contributed by atoms with Crippen molar-refractivity contribution in [2.45, 2.75) is 6.18 Å². The number of rotatable bonds is 4. The molecule has 1 aromatic heterocycles. The van der Waals surface area contributed by atoms with E-state index < -0.39 is 35.7 Å². The fourth-order valence-corrected chi connectivity index (χ4v) is 1.85. The Bertz CT molecular complexity index is 768. The van der Waals surface area contributed by atoms with Gasteiger partial charge in [0.05, 0.1) is 11.3 Å². The summed E-state index contributed by atoms with van der Waals surface area (Å²) < 4.78 is 44.4. The molecule has 0 aliphatic carbocycles. The topological polar surface area (TPSA) is 89.0 Å². The normalized spacial score (nSPS) is 10.9. The van der Waals surface area contributed by atoms with Crippen molar-refractivity contribution in [1.82, 2.24) is 4.98 Å². The van der Waals surface area contributed by atoms with Crippen LogP contribution in [0.3, 0.4) is 0 Å². The van der Waals surface area contributed by atoms with E-state index in [1.54, 1.807) is 30.3 Å². The summed E-state index contributed by atoms with van der Waals surface area (Å²) in [5.74, 6) is -1.48. The van der Waals surface area contributed by atoms with Gasteiger partial charge in [0.2, 0.25) is 5.88 Å². The molecule has 0 fully saturated rings. The molecule has 0 aliphatic rings. The number of benzene rings is 1. The molecule has 0 atom stereocenters. The number of carbonyl (C=O) groups is 1. The van der Waals surface area contributed by atoms with Gasteiger partial charge in [-0.3, -0.25) is 4.79 Å². The van der Waals surface area contributed by atoms with Crippen molar-refractivity contribution in [3.05, 3.63) is 47.5 Å². The van der Waals surface area contributed by atoms with E-state index in [0.717, 1.165) is 6.07 Å². The summed E-state index contributed by atoms with van der Waals surface area (Å²) in [6.07, 6.45) is -4.78. The summed E-state index contributed by atoms with van der Waals surface area (Å²) in [6.45, 7) is -0.683. The van der Waals surface area contributed by atoms with Crippen molar-refractivity contribution in [2.24, 2.45) is 5.73 Å². The molecule has 0 bridgehead atoms. The number of primary amides is 1. The third-order valence-corrected chi connectivity index (χ3v) is 2.82. The molecule has 2 aromatic rings. The molecule has 0 aliphatic heterocycles. The maximum Gasteiger partial charge on any atom is 0.417 e. The van der Waals surface area contributed by atoms with Gasteiger partial charge in [0.25, 0.3) is 5.91 Å². The molecule has 0 saturated heterocycles. The molecule has 1 heterocycles. The number of carbonyl (C=O) groups excluding carboxylic acids is 1. The third kappa shape index (κ3) is 3.77. The second kappa shape index (κ2) is 6.36. The lowest BCUT2D eigenvalue weighted by atomic mass is 10.0. The predicted molar refractivity (Wildman–Crippen MR) is 74.1 cm³/mol. The van der Waals surface area contributed by atoms with Crippen LogP contribution in [0.2, 0.25) is 0 Å². The zero-order valence-corrected chi connectivity index (χ0v) is 11.6. The molecule has 2 N–H and O–H groups in total. The first-order chi connectivity index (χ1) is 10.8. The van der Waals surface area contributed by atoms with Crippen LogP contribution in [0.25, 0.3) is 11.3 Å². The summed E-state index contributed by atoms with van der Waals surface area (Å²) in [4.78, 5) is 14.7. The summed E-state index contributed by atoms with van der Waals surface area (Å²) in [5.41, 5.74) is 3.31. The van der Waals surface area contributed by atoms with Gasteiger partial charge < -0.3 is 10.5 Å². The number of hydrogen-bond donors (Lipinski definition) is 1. The minimum absolute atomic E-state index is 0.0311. The number of nitriles is 1. The van der Waals surface area contributed by atoms with E-state index in [-0.39, 0.29) is 5.69 Å². The minimum Gasteiger partial charge on any atom is -0.467 e. The molecule has 118 valence electrons. The zero-order chi connectivity index (χ0) is 17.0. The highest BCUT2D eigenvalue weighted by Gasteiger charge is 2.36. The number of alkyl halides is 3. The first kappa shape index (κ1) is 16.3. The zero-order valence-electron chi connectivity index (χ0n) is 11.6. The van der Waals surface area contributed by atoms with Gasteiger partial charge in [-0.1, -0.05) is 30.3 Å². The van der Waals surface area contributed by atoms with E-state index in [1.807, 2.05) is 0 Å². The summed E-state index contributed by atoms with van der Waals surface area (Å²) >= 11 is 0. The van der Waals surface area contributed by atoms with Gasteiger partial charge in [-0.05, 0) is 6.07 Å². The average molecular weight is 321 g/mol. The van der Waals surface area contributed by atoms with E-state index in [4.69, 9.17) is 15.7 Å². The van der Waals surface area contributed by atoms with Crippen LogP contribution in [0.15, 0.2) is 36.4 Å². The summed E-state index contributed by atoms with van der Waals surface area (Å²) in [6, 6.07) is 10.3. The SMILES string of the molecule is N#Cc1c(C(F)(F)F)cc(-c2ccccc2)nc1OCC(N)=O. The number of nitrogens with two attached hydrogens (primary N) is 1. The highest BCUT2D eigenvalue weighted by Crippen LogP contribution is 2.37. The smallest absolute Gasteiger partial charge is 0.417 e. The van der Waals surface area contributed by atoms with Gasteiger partial charge >= 0.3 is 6.18 Å². The van der Waals surface area contributed by atoms with Crippen LogP contribution < -0.4 is 10.5 Å². The van der Waals surface area contributed by atoms with Crippen LogP contribution in [-0.4, -0.2) is 17.5 Å². The van der Waals surface area contributed by atoms with Crippen molar-refractivity contribution in [3.8, 4) is 23.2 Å². The second-order valence-corrected chi connectivity index (χ2v) is 4.47. The number of halogens is 3. The van der Waals surface area contributed by atoms with Gasteiger partial charge in [0, 0.05) is 5.56 Å². The van der Waals surface area contributed by atoms with E-state index in [1.165, 1.54) is 6.07 Å². The van der Waals surface area contributed by atoms with Gasteiger partial charge in [-0.15, -0.1) is 0 Å². The number of ether oxygens (including phenoxy) is 1. The molecule has 2 rings (SSSR count). The second-order valence-electron chi connectivity index (χ2n) is 4.47. The Balaban J connectivity index is 2.64. The average Bonchev–Trinajstić information content (AvgIpc) is 2.51. The summed E-state index contributed by atoms with van der Waals surface area (Å²) in [7, 11) is 0. The van der Waals surface area contributed by atoms with E-state index in [9.17, 15) is 18.0 Å². The van der Waals surface area contributed by atoms with E-state index >= 15 is 0 Å². The van der Waals surface area contributed by atoms with Gasteiger partial charge in [0.1, 0.15) is 11.6 Å². The van der Waals surface area contributed by atoms with Crippen LogP contribution in [0.4, 0.5) is 13.2 Å². The van der Waals surface area contributed by atoms with Crippen molar-refractivity contribution >= 4 is 5.91 Å². The first-order valence-electron chi connectivity index (χ1n) is 6.31. The fraction of sp³-hybridized carbons (Fsp3) is 0.133. The molecular formula is C15H10F3N3O2. The fourth-order valence-electron chi connectivity index (χ4n) is 1.85. The van der Waals surface area contributed by atoms with Gasteiger partial charge in [-0.25, -0.2) is 4.98 Å². The Morgan fingerprint density at radius 1 is 1.30 bits per heavy atom. The molecular weight excluding hydrogens is 311 g/mol. The van der Waals surface area contributed by atoms with E-state index in [2.05, 4.69) is 4.98 Å². The van der Waals surface area contributed by atoms with Crippen molar-refractivity contribution in [3.63, 3.8) is 0 Å². The van der Waals surface area contributed by atoms with Gasteiger partial charge in [-0.2, -0.15) is 18.4 Å². The number of aromatic nitrogens is 1. The first-order valence-corrected chi connectivity index (χ1v) is 6.31. The van der Waals surface area contributed by atoms with Crippen LogP contribution in [-0.2, 0) is 11.0 Å². The number of amides is 1. The Kier molecular flexibility index (Phi) is 4.50. The molecule has 0 saturated carbocycles. The number of hydrogen-bond acceptors (Lipinski definition) is 4. The molecule has 0 unspecified atom stereocenters. The standard InChI is InChI=1S/C15H10F3N3O2/c16-15(17,18)11-6-12(9-4-2-1-3-5-9)21-14(10(11)7-19)23-8-13(20)22/h1-6H,8H2,(H2,20,22). The molecule has 8 heteroatoms. The maximum absolute atomic E-state index is 13.2. The Morgan fingerprint density at radius 3 is 2.48 bits per heavy atom. The lowest BCUT2D eigenvalue weighted by Crippen LogP contribution is -2.21. The van der Waals surface area contributed by atoms with Crippen molar-refractivity contribution in [2.75, 3.05) is 6.61 Å². The Hall–Kier alpha value is -3.08. The number of pyridine rings is 1. The van der Waals surface area contributed by atoms with E-state index in [0.29, 0.717) is 5.56 Å². The molecule has 5 nitrogen and oxygen atoms in total. The number of nitrogens with zero attached hydrogens (tertiary/aromatic N) is 2. The predicted octanol–water partition coefficient (Wildman–Crippen LogP) is 2.50. The highest BCUT2D eigenvalue weighted by atomic mass is 19.4. The highest BCUT2D eigenvalue weighted by molar-refractivity contribution is 5.75. The molecule has 0 spiro atoms. The largest absolute Gasteiger partial charge is 0.467 e. The Morgan fingerprint density at radius 2 is 1.96 bits per heavy atom. The minimum atomic E-state index is -4.78. The quantitative estimate of drug-likeness (QED) is 0.937. The monoisotopic (exact) mass is 321 g/mol. The van der Waals surface area contributed by atoms with Crippen LogP contribution in [0.5, 0.6) is 5.88 Å². The molecule has 0 radical (unpaired) electrons. The van der Waals surface area contributed by atoms with Crippen LogP contribution in [0, 0.1) is 11.3 Å². The van der Waals surface area contributed by atoms with Gasteiger partial charge in [0.15, 0.2) is 6.61 Å². The lowest BCUT2D eigenvalue weighted by molar-refractivity contribution is -0.137. The third-order valence-electron chi connectivity index (χ3n) is 2.82. The van der Waals surface area contributed by atoms with Crippen molar-refractivity contribution in [1.29, 1.82) is 5.26 Å². The van der Waals surface area contributed by atoms with Crippen LogP contribution in [0.1, 0.15) is 11.1 Å². The van der Waals surface area contributed by atoms with Crippen molar-refractivity contribution < 1.29 is 22.7 Å². The summed E-state index contributed by atoms with van der Waals surface area (Å²) in [5, 5.41) is 9.00. The molecule has 23 heavy (non-hydrogen) atoms. The lowest BCUT2D eigenvalue weighted by Gasteiger charge is -2.14. The Labute approximate surface area is 129 Å². The maximum atomic E-state index is 13.2. The molecule has 1 amide bonds. The molecule has 1 aromatic carbocycles.